The number of carbonyl (C=O) groups excluding carboxylic acids is 1. The Bertz CT molecular complexity index is 813. The van der Waals surface area contributed by atoms with Crippen LogP contribution in [0.1, 0.15) is 29.3 Å². The highest BCUT2D eigenvalue weighted by atomic mass is 16.6. The van der Waals surface area contributed by atoms with Gasteiger partial charge in [0.15, 0.2) is 5.72 Å². The third-order valence-corrected chi connectivity index (χ3v) is 3.80. The van der Waals surface area contributed by atoms with E-state index in [9.17, 15) is 20.0 Å². The quantitative estimate of drug-likeness (QED) is 0.693. The normalized spacial score (nSPS) is 19.9. The molecular weight excluding hydrogens is 310 g/mol. The number of hydrazone groups is 1. The number of hydrogen-bond donors (Lipinski definition) is 1. The largest absolute Gasteiger partial charge is 0.369 e. The van der Waals surface area contributed by atoms with Crippen LogP contribution in [0.4, 0.5) is 5.69 Å². The fourth-order valence-corrected chi connectivity index (χ4v) is 2.56. The van der Waals surface area contributed by atoms with Gasteiger partial charge in [-0.15, -0.1) is 0 Å². The molecule has 1 heterocycles. The summed E-state index contributed by atoms with van der Waals surface area (Å²) in [6, 6.07) is 14.5. The molecule has 1 unspecified atom stereocenters. The van der Waals surface area contributed by atoms with Crippen molar-refractivity contribution in [1.82, 2.24) is 5.01 Å². The lowest BCUT2D eigenvalue weighted by Gasteiger charge is -2.26. The van der Waals surface area contributed by atoms with E-state index in [1.807, 2.05) is 30.3 Å². The summed E-state index contributed by atoms with van der Waals surface area (Å²) >= 11 is 0. The summed E-state index contributed by atoms with van der Waals surface area (Å²) in [4.78, 5) is 22.8. The van der Waals surface area contributed by atoms with Crippen molar-refractivity contribution in [1.29, 1.82) is 0 Å². The van der Waals surface area contributed by atoms with E-state index in [0.29, 0.717) is 5.71 Å². The van der Waals surface area contributed by atoms with Crippen molar-refractivity contribution < 1.29 is 14.8 Å². The Morgan fingerprint density at radius 1 is 1.21 bits per heavy atom. The molecule has 0 aromatic heterocycles. The Kier molecular flexibility index (Phi) is 3.86. The molecule has 7 nitrogen and oxygen atoms in total. The average Bonchev–Trinajstić information content (AvgIpc) is 2.90. The minimum atomic E-state index is -1.45. The van der Waals surface area contributed by atoms with Gasteiger partial charge in [0.1, 0.15) is 0 Å². The van der Waals surface area contributed by atoms with Crippen LogP contribution in [-0.2, 0) is 0 Å². The number of amides is 1. The van der Waals surface area contributed by atoms with Gasteiger partial charge < -0.3 is 5.11 Å². The summed E-state index contributed by atoms with van der Waals surface area (Å²) in [5.74, 6) is -0.513. The molecule has 2 aromatic carbocycles. The van der Waals surface area contributed by atoms with Crippen LogP contribution in [0.5, 0.6) is 0 Å². The first kappa shape index (κ1) is 15.8. The Morgan fingerprint density at radius 2 is 1.83 bits per heavy atom. The van der Waals surface area contributed by atoms with Gasteiger partial charge in [0.2, 0.25) is 0 Å². The molecule has 0 saturated heterocycles. The van der Waals surface area contributed by atoms with Gasteiger partial charge in [-0.2, -0.15) is 10.1 Å². The zero-order valence-electron chi connectivity index (χ0n) is 12.9. The maximum absolute atomic E-state index is 12.6. The second-order valence-corrected chi connectivity index (χ2v) is 5.73. The molecule has 0 saturated carbocycles. The van der Waals surface area contributed by atoms with E-state index in [1.165, 1.54) is 31.2 Å². The second kappa shape index (κ2) is 5.86. The smallest absolute Gasteiger partial charge is 0.276 e. The first-order valence-corrected chi connectivity index (χ1v) is 7.33. The van der Waals surface area contributed by atoms with Crippen molar-refractivity contribution in [2.75, 3.05) is 0 Å². The highest BCUT2D eigenvalue weighted by molar-refractivity contribution is 6.05. The van der Waals surface area contributed by atoms with Crippen LogP contribution < -0.4 is 0 Å². The van der Waals surface area contributed by atoms with Gasteiger partial charge in [-0.25, -0.2) is 0 Å². The lowest BCUT2D eigenvalue weighted by molar-refractivity contribution is -0.384. The molecule has 0 bridgehead atoms. The van der Waals surface area contributed by atoms with Crippen molar-refractivity contribution in [3.63, 3.8) is 0 Å². The van der Waals surface area contributed by atoms with E-state index in [2.05, 4.69) is 5.10 Å². The van der Waals surface area contributed by atoms with E-state index in [1.54, 1.807) is 0 Å². The number of non-ortho nitro benzene ring substituents is 1. The molecule has 3 rings (SSSR count). The lowest BCUT2D eigenvalue weighted by Crippen LogP contribution is -2.43. The first-order valence-electron chi connectivity index (χ1n) is 7.33. The summed E-state index contributed by atoms with van der Waals surface area (Å²) in [6.45, 7) is 1.51. The number of benzene rings is 2. The Hall–Kier alpha value is -3.06. The molecule has 1 amide bonds. The molecule has 0 aliphatic carbocycles. The number of rotatable bonds is 3. The first-order chi connectivity index (χ1) is 11.4. The summed E-state index contributed by atoms with van der Waals surface area (Å²) in [7, 11) is 0. The summed E-state index contributed by atoms with van der Waals surface area (Å²) in [5, 5.41) is 26.5. The number of hydrogen-bond acceptors (Lipinski definition) is 5. The van der Waals surface area contributed by atoms with Crippen LogP contribution in [0.2, 0.25) is 0 Å². The van der Waals surface area contributed by atoms with E-state index in [4.69, 9.17) is 0 Å². The molecule has 1 aliphatic heterocycles. The minimum absolute atomic E-state index is 0.104. The van der Waals surface area contributed by atoms with Crippen LogP contribution in [0.3, 0.4) is 0 Å². The fraction of sp³-hybridized carbons (Fsp3) is 0.176. The van der Waals surface area contributed by atoms with Gasteiger partial charge in [-0.3, -0.25) is 14.9 Å². The standard InChI is InChI=1S/C17H15N3O4/c1-17(22)11-15(12-5-3-2-4-6-12)18-19(17)16(21)13-7-9-14(10-8-13)20(23)24/h2-10,22H,11H2,1H3. The highest BCUT2D eigenvalue weighted by Gasteiger charge is 2.41. The van der Waals surface area contributed by atoms with Crippen molar-refractivity contribution in [2.24, 2.45) is 5.10 Å². The van der Waals surface area contributed by atoms with E-state index in [-0.39, 0.29) is 17.7 Å². The van der Waals surface area contributed by atoms with Gasteiger partial charge in [0.25, 0.3) is 11.6 Å². The molecule has 0 spiro atoms. The third kappa shape index (κ3) is 2.89. The van der Waals surface area contributed by atoms with Crippen LogP contribution in [0.25, 0.3) is 0 Å². The molecular formula is C17H15N3O4. The topological polar surface area (TPSA) is 96.0 Å². The zero-order chi connectivity index (χ0) is 17.3. The monoisotopic (exact) mass is 325 g/mol. The molecule has 24 heavy (non-hydrogen) atoms. The Labute approximate surface area is 138 Å². The number of nitro benzene ring substituents is 1. The minimum Gasteiger partial charge on any atom is -0.369 e. The van der Waals surface area contributed by atoms with Crippen molar-refractivity contribution in [3.05, 3.63) is 75.8 Å². The van der Waals surface area contributed by atoms with Gasteiger partial charge in [-0.05, 0) is 24.6 Å². The van der Waals surface area contributed by atoms with Gasteiger partial charge in [-0.1, -0.05) is 30.3 Å². The summed E-state index contributed by atoms with van der Waals surface area (Å²) in [6.07, 6.45) is 0.204. The van der Waals surface area contributed by atoms with Crippen LogP contribution >= 0.6 is 0 Å². The molecule has 0 radical (unpaired) electrons. The van der Waals surface area contributed by atoms with E-state index < -0.39 is 16.6 Å². The van der Waals surface area contributed by atoms with Crippen molar-refractivity contribution in [3.8, 4) is 0 Å². The molecule has 7 heteroatoms. The number of nitro groups is 1. The Balaban J connectivity index is 1.90. The molecule has 122 valence electrons. The fourth-order valence-electron chi connectivity index (χ4n) is 2.56. The van der Waals surface area contributed by atoms with Gasteiger partial charge >= 0.3 is 0 Å². The SMILES string of the molecule is CC1(O)CC(c2ccccc2)=NN1C(=O)c1ccc([N+](=O)[O-])cc1. The van der Waals surface area contributed by atoms with Crippen molar-refractivity contribution >= 4 is 17.3 Å². The van der Waals surface area contributed by atoms with Crippen LogP contribution in [-0.4, -0.2) is 32.4 Å². The lowest BCUT2D eigenvalue weighted by atomic mass is 10.0. The van der Waals surface area contributed by atoms with Crippen LogP contribution in [0.15, 0.2) is 59.7 Å². The Morgan fingerprint density at radius 3 is 2.42 bits per heavy atom. The molecule has 1 aliphatic rings. The zero-order valence-corrected chi connectivity index (χ0v) is 12.9. The van der Waals surface area contributed by atoms with E-state index >= 15 is 0 Å². The number of aliphatic hydroxyl groups is 1. The second-order valence-electron chi connectivity index (χ2n) is 5.73. The van der Waals surface area contributed by atoms with Crippen LogP contribution in [0, 0.1) is 10.1 Å². The molecule has 0 fully saturated rings. The van der Waals surface area contributed by atoms with Gasteiger partial charge in [0, 0.05) is 24.1 Å². The van der Waals surface area contributed by atoms with E-state index in [0.717, 1.165) is 10.6 Å². The number of carbonyl (C=O) groups is 1. The van der Waals surface area contributed by atoms with Crippen molar-refractivity contribution in [2.45, 2.75) is 19.1 Å². The summed E-state index contributed by atoms with van der Waals surface area (Å²) in [5.41, 5.74) is 0.101. The predicted molar refractivity (Wildman–Crippen MR) is 87.5 cm³/mol. The third-order valence-electron chi connectivity index (χ3n) is 3.80. The maximum atomic E-state index is 12.6. The van der Waals surface area contributed by atoms with Gasteiger partial charge in [0.05, 0.1) is 10.6 Å². The molecule has 2 aromatic rings. The maximum Gasteiger partial charge on any atom is 0.276 e. The highest BCUT2D eigenvalue weighted by Crippen LogP contribution is 2.29. The molecule has 1 atom stereocenters. The molecule has 1 N–H and O–H groups in total. The average molecular weight is 325 g/mol. The predicted octanol–water partition coefficient (Wildman–Crippen LogP) is 2.55. The summed E-state index contributed by atoms with van der Waals surface area (Å²) < 4.78 is 0. The number of nitrogens with zero attached hydrogens (tertiary/aromatic N) is 3.